The van der Waals surface area contributed by atoms with Crippen LogP contribution in [-0.2, 0) is 0 Å². The predicted molar refractivity (Wildman–Crippen MR) is 76.3 cm³/mol. The molecule has 0 saturated heterocycles. The van der Waals surface area contributed by atoms with E-state index in [0.717, 1.165) is 6.07 Å². The van der Waals surface area contributed by atoms with Crippen LogP contribution in [0.15, 0.2) is 36.4 Å². The van der Waals surface area contributed by atoms with Gasteiger partial charge in [0.2, 0.25) is 0 Å². The van der Waals surface area contributed by atoms with Gasteiger partial charge in [-0.1, -0.05) is 6.07 Å². The van der Waals surface area contributed by atoms with Gasteiger partial charge in [0.15, 0.2) is 0 Å². The van der Waals surface area contributed by atoms with Gasteiger partial charge < -0.3 is 15.8 Å². The maximum absolute atomic E-state index is 13.6. The average Bonchev–Trinajstić information content (AvgIpc) is 2.43. The van der Waals surface area contributed by atoms with Gasteiger partial charge in [-0.05, 0) is 25.1 Å². The Labute approximate surface area is 120 Å². The summed E-state index contributed by atoms with van der Waals surface area (Å²) in [6.07, 6.45) is 0. The number of hydrogen-bond acceptors (Lipinski definition) is 3. The number of carbonyl (C=O) groups excluding carboxylic acids is 1. The van der Waals surface area contributed by atoms with Gasteiger partial charge >= 0.3 is 0 Å². The van der Waals surface area contributed by atoms with E-state index in [1.807, 2.05) is 6.92 Å². The summed E-state index contributed by atoms with van der Waals surface area (Å²) in [6, 6.07) is 8.20. The van der Waals surface area contributed by atoms with Crippen LogP contribution >= 0.6 is 0 Å². The minimum Gasteiger partial charge on any atom is -0.494 e. The number of nitrogens with one attached hydrogen (secondary N) is 1. The van der Waals surface area contributed by atoms with Crippen molar-refractivity contribution in [3.63, 3.8) is 0 Å². The van der Waals surface area contributed by atoms with Crippen LogP contribution in [0.1, 0.15) is 17.3 Å². The van der Waals surface area contributed by atoms with Crippen molar-refractivity contribution in [3.05, 3.63) is 53.6 Å². The molecule has 0 spiro atoms. The SMILES string of the molecule is CCOc1cccc(NC(=O)c2cc(N)c(F)cc2F)c1. The lowest BCUT2D eigenvalue weighted by atomic mass is 10.1. The van der Waals surface area contributed by atoms with Gasteiger partial charge in [-0.2, -0.15) is 0 Å². The van der Waals surface area contributed by atoms with Crippen LogP contribution in [0.25, 0.3) is 0 Å². The number of halogens is 2. The van der Waals surface area contributed by atoms with E-state index in [1.54, 1.807) is 24.3 Å². The molecule has 0 aromatic heterocycles. The van der Waals surface area contributed by atoms with Gasteiger partial charge in [0.1, 0.15) is 17.4 Å². The maximum Gasteiger partial charge on any atom is 0.258 e. The van der Waals surface area contributed by atoms with Gasteiger partial charge in [-0.15, -0.1) is 0 Å². The molecule has 0 radical (unpaired) electrons. The molecule has 3 N–H and O–H groups in total. The average molecular weight is 292 g/mol. The molecule has 0 saturated carbocycles. The minimum atomic E-state index is -0.972. The summed E-state index contributed by atoms with van der Waals surface area (Å²) >= 11 is 0. The Kier molecular flexibility index (Phi) is 4.37. The Morgan fingerprint density at radius 2 is 2.00 bits per heavy atom. The quantitative estimate of drug-likeness (QED) is 0.851. The zero-order chi connectivity index (χ0) is 15.4. The van der Waals surface area contributed by atoms with Crippen LogP contribution in [0.2, 0.25) is 0 Å². The van der Waals surface area contributed by atoms with Gasteiger partial charge in [-0.3, -0.25) is 4.79 Å². The summed E-state index contributed by atoms with van der Waals surface area (Å²) in [4.78, 5) is 12.0. The molecular weight excluding hydrogens is 278 g/mol. The number of anilines is 2. The second-order valence-corrected chi connectivity index (χ2v) is 4.27. The fourth-order valence-corrected chi connectivity index (χ4v) is 1.77. The minimum absolute atomic E-state index is 0.287. The Morgan fingerprint density at radius 3 is 2.71 bits per heavy atom. The lowest BCUT2D eigenvalue weighted by Gasteiger charge is -2.09. The number of nitrogen functional groups attached to an aromatic ring is 1. The molecule has 2 rings (SSSR count). The van der Waals surface area contributed by atoms with E-state index in [2.05, 4.69) is 5.32 Å². The third-order valence-corrected chi connectivity index (χ3v) is 2.73. The fourth-order valence-electron chi connectivity index (χ4n) is 1.77. The summed E-state index contributed by atoms with van der Waals surface area (Å²) in [6.45, 7) is 2.32. The Bertz CT molecular complexity index is 675. The molecule has 21 heavy (non-hydrogen) atoms. The molecule has 0 aliphatic carbocycles. The van der Waals surface area contributed by atoms with Crippen LogP contribution in [0, 0.1) is 11.6 Å². The first-order valence-corrected chi connectivity index (χ1v) is 6.30. The molecule has 2 aromatic rings. The standard InChI is InChI=1S/C15H14F2N2O2/c1-2-21-10-5-3-4-9(6-10)19-15(20)11-7-14(18)13(17)8-12(11)16/h3-8H,2,18H2,1H3,(H,19,20). The molecule has 6 heteroatoms. The highest BCUT2D eigenvalue weighted by atomic mass is 19.1. The Morgan fingerprint density at radius 1 is 1.24 bits per heavy atom. The summed E-state index contributed by atoms with van der Waals surface area (Å²) < 4.78 is 32.0. The van der Waals surface area contributed by atoms with Gasteiger partial charge in [0, 0.05) is 17.8 Å². The molecule has 0 bridgehead atoms. The number of amides is 1. The highest BCUT2D eigenvalue weighted by Gasteiger charge is 2.15. The van der Waals surface area contributed by atoms with E-state index >= 15 is 0 Å². The largest absolute Gasteiger partial charge is 0.494 e. The number of rotatable bonds is 4. The van der Waals surface area contributed by atoms with Crippen molar-refractivity contribution in [1.82, 2.24) is 0 Å². The molecular formula is C15H14F2N2O2. The third kappa shape index (κ3) is 3.47. The van der Waals surface area contributed by atoms with Crippen LogP contribution in [-0.4, -0.2) is 12.5 Å². The Hall–Kier alpha value is -2.63. The smallest absolute Gasteiger partial charge is 0.258 e. The lowest BCUT2D eigenvalue weighted by molar-refractivity contribution is 0.102. The topological polar surface area (TPSA) is 64.3 Å². The van der Waals surface area contributed by atoms with E-state index in [1.165, 1.54) is 0 Å². The van der Waals surface area contributed by atoms with Crippen molar-refractivity contribution in [1.29, 1.82) is 0 Å². The number of carbonyl (C=O) groups is 1. The van der Waals surface area contributed by atoms with E-state index < -0.39 is 17.5 Å². The van der Waals surface area contributed by atoms with Crippen molar-refractivity contribution >= 4 is 17.3 Å². The number of hydrogen-bond donors (Lipinski definition) is 2. The zero-order valence-corrected chi connectivity index (χ0v) is 11.3. The molecule has 0 aliphatic rings. The van der Waals surface area contributed by atoms with E-state index in [-0.39, 0.29) is 11.3 Å². The van der Waals surface area contributed by atoms with Gasteiger partial charge in [0.25, 0.3) is 5.91 Å². The normalized spacial score (nSPS) is 10.2. The molecule has 4 nitrogen and oxygen atoms in total. The number of ether oxygens (including phenoxy) is 1. The fraction of sp³-hybridized carbons (Fsp3) is 0.133. The Balaban J connectivity index is 2.22. The van der Waals surface area contributed by atoms with Crippen molar-refractivity contribution < 1.29 is 18.3 Å². The molecule has 1 amide bonds. The summed E-state index contributed by atoms with van der Waals surface area (Å²) in [7, 11) is 0. The van der Waals surface area contributed by atoms with Crippen molar-refractivity contribution in [2.45, 2.75) is 6.92 Å². The van der Waals surface area contributed by atoms with Crippen molar-refractivity contribution in [3.8, 4) is 5.75 Å². The summed E-state index contributed by atoms with van der Waals surface area (Å²) in [5.74, 6) is -2.01. The van der Waals surface area contributed by atoms with Crippen LogP contribution < -0.4 is 15.8 Å². The molecule has 0 fully saturated rings. The van der Waals surface area contributed by atoms with E-state index in [0.29, 0.717) is 24.1 Å². The monoisotopic (exact) mass is 292 g/mol. The second kappa shape index (κ2) is 6.21. The van der Waals surface area contributed by atoms with Crippen LogP contribution in [0.5, 0.6) is 5.75 Å². The maximum atomic E-state index is 13.6. The number of nitrogens with two attached hydrogens (primary N) is 1. The summed E-state index contributed by atoms with van der Waals surface area (Å²) in [5, 5.41) is 2.51. The predicted octanol–water partition coefficient (Wildman–Crippen LogP) is 3.20. The first-order valence-electron chi connectivity index (χ1n) is 6.30. The molecule has 0 atom stereocenters. The van der Waals surface area contributed by atoms with Gasteiger partial charge in [0.05, 0.1) is 17.9 Å². The highest BCUT2D eigenvalue weighted by molar-refractivity contribution is 6.05. The molecule has 0 unspecified atom stereocenters. The molecule has 2 aromatic carbocycles. The third-order valence-electron chi connectivity index (χ3n) is 2.73. The van der Waals surface area contributed by atoms with E-state index in [9.17, 15) is 13.6 Å². The molecule has 0 heterocycles. The molecule has 0 aliphatic heterocycles. The molecule has 110 valence electrons. The zero-order valence-electron chi connectivity index (χ0n) is 11.3. The first kappa shape index (κ1) is 14.8. The highest BCUT2D eigenvalue weighted by Crippen LogP contribution is 2.20. The second-order valence-electron chi connectivity index (χ2n) is 4.27. The van der Waals surface area contributed by atoms with E-state index in [4.69, 9.17) is 10.5 Å². The van der Waals surface area contributed by atoms with Crippen molar-refractivity contribution in [2.24, 2.45) is 0 Å². The first-order chi connectivity index (χ1) is 10.0. The van der Waals surface area contributed by atoms with Crippen molar-refractivity contribution in [2.75, 3.05) is 17.7 Å². The van der Waals surface area contributed by atoms with Gasteiger partial charge in [-0.25, -0.2) is 8.78 Å². The van der Waals surface area contributed by atoms with Crippen LogP contribution in [0.3, 0.4) is 0 Å². The lowest BCUT2D eigenvalue weighted by Crippen LogP contribution is -2.14. The number of benzene rings is 2. The van der Waals surface area contributed by atoms with Crippen LogP contribution in [0.4, 0.5) is 20.2 Å². The summed E-state index contributed by atoms with van der Waals surface area (Å²) in [5.41, 5.74) is 5.17.